The molecule has 2 aromatic carbocycles. The fourth-order valence-corrected chi connectivity index (χ4v) is 2.42. The highest BCUT2D eigenvalue weighted by Gasteiger charge is 2.23. The standard InChI is InChI=1S/C18H16N2O3/c1-12-8-10-14(11-9-12)19-17(21)15-16(20(2)23-18(15)22)13-6-4-3-5-7-13/h3-11H,1-2H3,(H,19,21). The average Bonchev–Trinajstić information content (AvgIpc) is 2.85. The largest absolute Gasteiger partial charge is 0.370 e. The van der Waals surface area contributed by atoms with Crippen molar-refractivity contribution in [3.63, 3.8) is 0 Å². The molecule has 1 aromatic heterocycles. The molecule has 0 radical (unpaired) electrons. The van der Waals surface area contributed by atoms with Gasteiger partial charge in [0, 0.05) is 18.3 Å². The molecular formula is C18H16N2O3. The zero-order valence-corrected chi connectivity index (χ0v) is 12.9. The molecule has 3 rings (SSSR count). The average molecular weight is 308 g/mol. The summed E-state index contributed by atoms with van der Waals surface area (Å²) in [6, 6.07) is 16.6. The molecule has 1 N–H and O–H groups in total. The van der Waals surface area contributed by atoms with E-state index in [-0.39, 0.29) is 5.56 Å². The fourth-order valence-electron chi connectivity index (χ4n) is 2.42. The zero-order chi connectivity index (χ0) is 16.4. The number of carbonyl (C=O) groups is 1. The van der Waals surface area contributed by atoms with E-state index in [2.05, 4.69) is 5.32 Å². The third kappa shape index (κ3) is 2.94. The second kappa shape index (κ2) is 5.96. The first kappa shape index (κ1) is 14.8. The van der Waals surface area contributed by atoms with Crippen molar-refractivity contribution in [2.45, 2.75) is 6.92 Å². The van der Waals surface area contributed by atoms with Crippen LogP contribution >= 0.6 is 0 Å². The molecule has 0 spiro atoms. The van der Waals surface area contributed by atoms with E-state index in [0.717, 1.165) is 11.1 Å². The lowest BCUT2D eigenvalue weighted by molar-refractivity contribution is 0.102. The van der Waals surface area contributed by atoms with Crippen LogP contribution in [-0.4, -0.2) is 10.6 Å². The van der Waals surface area contributed by atoms with E-state index in [1.807, 2.05) is 49.4 Å². The molecule has 0 bridgehead atoms. The Morgan fingerprint density at radius 2 is 1.70 bits per heavy atom. The van der Waals surface area contributed by atoms with Gasteiger partial charge in [-0.05, 0) is 19.1 Å². The SMILES string of the molecule is Cc1ccc(NC(=O)c2c(-c3ccccc3)n(C)oc2=O)cc1. The Morgan fingerprint density at radius 1 is 1.04 bits per heavy atom. The van der Waals surface area contributed by atoms with Gasteiger partial charge in [-0.25, -0.2) is 9.53 Å². The summed E-state index contributed by atoms with van der Waals surface area (Å²) >= 11 is 0. The molecule has 0 saturated heterocycles. The number of nitrogens with zero attached hydrogens (tertiary/aromatic N) is 1. The molecule has 116 valence electrons. The summed E-state index contributed by atoms with van der Waals surface area (Å²) in [5, 5.41) is 2.74. The molecule has 0 fully saturated rings. The first-order valence-electron chi connectivity index (χ1n) is 7.20. The number of hydrogen-bond acceptors (Lipinski definition) is 3. The molecule has 3 aromatic rings. The van der Waals surface area contributed by atoms with Crippen LogP contribution < -0.4 is 10.9 Å². The van der Waals surface area contributed by atoms with E-state index < -0.39 is 11.5 Å². The van der Waals surface area contributed by atoms with Crippen LogP contribution in [0.1, 0.15) is 15.9 Å². The Balaban J connectivity index is 2.01. The van der Waals surface area contributed by atoms with Crippen LogP contribution in [0.2, 0.25) is 0 Å². The molecule has 0 aliphatic heterocycles. The lowest BCUT2D eigenvalue weighted by Gasteiger charge is -2.06. The first-order chi connectivity index (χ1) is 11.1. The number of aromatic nitrogens is 1. The quantitative estimate of drug-likeness (QED) is 0.808. The highest BCUT2D eigenvalue weighted by Crippen LogP contribution is 2.22. The third-order valence-electron chi connectivity index (χ3n) is 3.56. The van der Waals surface area contributed by atoms with Crippen molar-refractivity contribution in [3.8, 4) is 11.3 Å². The molecule has 0 aliphatic rings. The topological polar surface area (TPSA) is 64.2 Å². The smallest absolute Gasteiger partial charge is 0.335 e. The molecule has 0 aliphatic carbocycles. The lowest BCUT2D eigenvalue weighted by atomic mass is 10.1. The van der Waals surface area contributed by atoms with Gasteiger partial charge in [-0.15, -0.1) is 0 Å². The minimum atomic E-state index is -0.657. The van der Waals surface area contributed by atoms with E-state index in [1.54, 1.807) is 19.2 Å². The van der Waals surface area contributed by atoms with Gasteiger partial charge in [0.15, 0.2) is 5.56 Å². The summed E-state index contributed by atoms with van der Waals surface area (Å²) in [5.41, 5.74) is 2.26. The number of rotatable bonds is 3. The van der Waals surface area contributed by atoms with Crippen LogP contribution in [0.3, 0.4) is 0 Å². The minimum absolute atomic E-state index is 0.000671. The fraction of sp³-hybridized carbons (Fsp3) is 0.111. The van der Waals surface area contributed by atoms with Crippen LogP contribution in [-0.2, 0) is 7.05 Å². The highest BCUT2D eigenvalue weighted by atomic mass is 16.5. The maximum Gasteiger partial charge on any atom is 0.370 e. The van der Waals surface area contributed by atoms with E-state index in [4.69, 9.17) is 4.52 Å². The Labute approximate surface area is 133 Å². The molecule has 23 heavy (non-hydrogen) atoms. The van der Waals surface area contributed by atoms with Crippen molar-refractivity contribution in [3.05, 3.63) is 76.1 Å². The summed E-state index contributed by atoms with van der Waals surface area (Å²) in [5.74, 6) is -0.484. The number of nitrogens with one attached hydrogen (secondary N) is 1. The Hall–Kier alpha value is -3.08. The van der Waals surface area contributed by atoms with Gasteiger partial charge >= 0.3 is 5.63 Å². The van der Waals surface area contributed by atoms with Crippen LogP contribution in [0.15, 0.2) is 63.9 Å². The van der Waals surface area contributed by atoms with E-state index >= 15 is 0 Å². The van der Waals surface area contributed by atoms with Crippen molar-refractivity contribution in [2.24, 2.45) is 7.05 Å². The summed E-state index contributed by atoms with van der Waals surface area (Å²) in [6.07, 6.45) is 0. The monoisotopic (exact) mass is 308 g/mol. The lowest BCUT2D eigenvalue weighted by Crippen LogP contribution is -2.19. The van der Waals surface area contributed by atoms with Crippen molar-refractivity contribution >= 4 is 11.6 Å². The van der Waals surface area contributed by atoms with Crippen molar-refractivity contribution in [1.29, 1.82) is 0 Å². The zero-order valence-electron chi connectivity index (χ0n) is 12.9. The second-order valence-electron chi connectivity index (χ2n) is 5.29. The van der Waals surface area contributed by atoms with Gasteiger partial charge in [0.1, 0.15) is 5.69 Å². The van der Waals surface area contributed by atoms with Crippen LogP contribution in [0.5, 0.6) is 0 Å². The molecule has 1 heterocycles. The Kier molecular flexibility index (Phi) is 3.85. The molecule has 0 atom stereocenters. The van der Waals surface area contributed by atoms with Crippen molar-refractivity contribution < 1.29 is 9.32 Å². The summed E-state index contributed by atoms with van der Waals surface area (Å²) in [6.45, 7) is 1.96. The van der Waals surface area contributed by atoms with Gasteiger partial charge in [0.25, 0.3) is 5.91 Å². The summed E-state index contributed by atoms with van der Waals surface area (Å²) < 4.78 is 6.40. The minimum Gasteiger partial charge on any atom is -0.335 e. The molecular weight excluding hydrogens is 292 g/mol. The maximum atomic E-state index is 12.5. The number of amides is 1. The molecule has 5 heteroatoms. The molecule has 1 amide bonds. The predicted octanol–water partition coefficient (Wildman–Crippen LogP) is 3.21. The van der Waals surface area contributed by atoms with E-state index in [0.29, 0.717) is 11.4 Å². The molecule has 0 saturated carbocycles. The summed E-state index contributed by atoms with van der Waals surface area (Å²) in [7, 11) is 1.60. The highest BCUT2D eigenvalue weighted by molar-refractivity contribution is 6.07. The first-order valence-corrected chi connectivity index (χ1v) is 7.20. The predicted molar refractivity (Wildman–Crippen MR) is 88.5 cm³/mol. The van der Waals surface area contributed by atoms with Crippen molar-refractivity contribution in [1.82, 2.24) is 4.74 Å². The normalized spacial score (nSPS) is 10.5. The van der Waals surface area contributed by atoms with Gasteiger partial charge in [-0.1, -0.05) is 48.0 Å². The summed E-state index contributed by atoms with van der Waals surface area (Å²) in [4.78, 5) is 24.6. The third-order valence-corrected chi connectivity index (χ3v) is 3.56. The van der Waals surface area contributed by atoms with E-state index in [1.165, 1.54) is 4.74 Å². The van der Waals surface area contributed by atoms with E-state index in [9.17, 15) is 9.59 Å². The maximum absolute atomic E-state index is 12.5. The van der Waals surface area contributed by atoms with Gasteiger partial charge in [0.05, 0.1) is 0 Å². The van der Waals surface area contributed by atoms with Gasteiger partial charge in [-0.2, -0.15) is 0 Å². The van der Waals surface area contributed by atoms with Gasteiger partial charge < -0.3 is 9.84 Å². The van der Waals surface area contributed by atoms with Crippen LogP contribution in [0, 0.1) is 6.92 Å². The number of aryl methyl sites for hydroxylation is 2. The number of hydrogen-bond donors (Lipinski definition) is 1. The van der Waals surface area contributed by atoms with Gasteiger partial charge in [-0.3, -0.25) is 4.79 Å². The molecule has 0 unspecified atom stereocenters. The number of anilines is 1. The Morgan fingerprint density at radius 3 is 2.35 bits per heavy atom. The van der Waals surface area contributed by atoms with Crippen molar-refractivity contribution in [2.75, 3.05) is 5.32 Å². The molecule has 5 nitrogen and oxygen atoms in total. The number of carbonyl (C=O) groups excluding carboxylic acids is 1. The van der Waals surface area contributed by atoms with Gasteiger partial charge in [0.2, 0.25) is 0 Å². The van der Waals surface area contributed by atoms with Crippen LogP contribution in [0.4, 0.5) is 5.69 Å². The van der Waals surface area contributed by atoms with Crippen LogP contribution in [0.25, 0.3) is 11.3 Å². The second-order valence-corrected chi connectivity index (χ2v) is 5.29. The number of benzene rings is 2. The Bertz CT molecular complexity index is 890.